The lowest BCUT2D eigenvalue weighted by Crippen LogP contribution is -2.49. The highest BCUT2D eigenvalue weighted by molar-refractivity contribution is 6.30. The summed E-state index contributed by atoms with van der Waals surface area (Å²) in [7, 11) is 0. The molecule has 5 aliphatic carbocycles. The van der Waals surface area contributed by atoms with Gasteiger partial charge in [0, 0.05) is 36.3 Å². The van der Waals surface area contributed by atoms with E-state index in [9.17, 15) is 4.79 Å². The van der Waals surface area contributed by atoms with E-state index in [0.717, 1.165) is 73.7 Å². The summed E-state index contributed by atoms with van der Waals surface area (Å²) in [5.41, 5.74) is 8.15. The lowest BCUT2D eigenvalue weighted by molar-refractivity contribution is -0.140. The predicted octanol–water partition coefficient (Wildman–Crippen LogP) is 6.86. The molecule has 2 heterocycles. The number of fused-ring (bicyclic) bond motifs is 2. The van der Waals surface area contributed by atoms with E-state index in [1.54, 1.807) is 0 Å². The van der Waals surface area contributed by atoms with Crippen LogP contribution in [0.1, 0.15) is 80.2 Å². The van der Waals surface area contributed by atoms with E-state index in [1.165, 1.54) is 66.4 Å². The number of piperidine rings is 1. The molecule has 0 radical (unpaired) electrons. The van der Waals surface area contributed by atoms with Crippen LogP contribution in [0.25, 0.3) is 5.57 Å². The fourth-order valence-corrected chi connectivity index (χ4v) is 9.04. The van der Waals surface area contributed by atoms with Crippen molar-refractivity contribution in [2.24, 2.45) is 23.2 Å². The Morgan fingerprint density at radius 3 is 2.34 bits per heavy atom. The summed E-state index contributed by atoms with van der Waals surface area (Å²) in [4.78, 5) is 20.6. The average molecular weight is 487 g/mol. The van der Waals surface area contributed by atoms with Crippen molar-refractivity contribution in [3.63, 3.8) is 0 Å². The Balaban J connectivity index is 1.14. The highest BCUT2D eigenvalue weighted by atomic mass is 35.5. The zero-order valence-corrected chi connectivity index (χ0v) is 21.3. The summed E-state index contributed by atoms with van der Waals surface area (Å²) in [5.74, 6) is 3.14. The molecule has 8 rings (SSSR count). The normalized spacial score (nSPS) is 31.2. The molecule has 6 aliphatic rings. The summed E-state index contributed by atoms with van der Waals surface area (Å²) in [6.45, 7) is 1.68. The fourth-order valence-electron chi connectivity index (χ4n) is 8.85. The van der Waals surface area contributed by atoms with Gasteiger partial charge in [0.05, 0.1) is 5.69 Å². The van der Waals surface area contributed by atoms with Gasteiger partial charge >= 0.3 is 0 Å². The van der Waals surface area contributed by atoms with Gasteiger partial charge in [0.25, 0.3) is 0 Å². The molecule has 1 aliphatic heterocycles. The summed E-state index contributed by atoms with van der Waals surface area (Å²) in [5, 5.41) is 0.803. The first-order valence-electron chi connectivity index (χ1n) is 13.8. The highest BCUT2D eigenvalue weighted by Gasteiger charge is 2.51. The quantitative estimate of drug-likeness (QED) is 0.464. The van der Waals surface area contributed by atoms with E-state index >= 15 is 0 Å². The maximum Gasteiger partial charge on any atom is 0.223 e. The average Bonchev–Trinajstić information content (AvgIpc) is 2.99. The first-order valence-corrected chi connectivity index (χ1v) is 14.2. The summed E-state index contributed by atoms with van der Waals surface area (Å²) in [6.07, 6.45) is 14.9. The molecule has 1 saturated heterocycles. The molecular weight excluding hydrogens is 452 g/mol. The number of likely N-dealkylation sites (tertiary alicyclic amines) is 1. The van der Waals surface area contributed by atoms with Gasteiger partial charge in [-0.15, -0.1) is 0 Å². The van der Waals surface area contributed by atoms with Crippen LogP contribution in [0, 0.1) is 23.2 Å². The second kappa shape index (κ2) is 8.47. The summed E-state index contributed by atoms with van der Waals surface area (Å²) < 4.78 is 0. The second-order valence-corrected chi connectivity index (χ2v) is 12.7. The smallest absolute Gasteiger partial charge is 0.223 e. The SMILES string of the molecule is O=C(CC12CC3CC(CC(C3)C1)C2)N1CCC(=C2c3ccc(Cl)cc3CCc3cccnc32)CC1. The van der Waals surface area contributed by atoms with Crippen LogP contribution >= 0.6 is 11.6 Å². The largest absolute Gasteiger partial charge is 0.342 e. The molecular formula is C31H35ClN2O. The molecule has 0 N–H and O–H groups in total. The van der Waals surface area contributed by atoms with E-state index < -0.39 is 0 Å². The van der Waals surface area contributed by atoms with Gasteiger partial charge < -0.3 is 4.90 Å². The summed E-state index contributed by atoms with van der Waals surface area (Å²) >= 11 is 6.38. The monoisotopic (exact) mass is 486 g/mol. The van der Waals surface area contributed by atoms with Crippen LogP contribution in [0.4, 0.5) is 0 Å². The molecule has 0 unspecified atom stereocenters. The maximum atomic E-state index is 13.5. The van der Waals surface area contributed by atoms with E-state index in [0.29, 0.717) is 11.3 Å². The molecule has 1 amide bonds. The van der Waals surface area contributed by atoms with Crippen molar-refractivity contribution in [2.75, 3.05) is 13.1 Å². The Bertz CT molecular complexity index is 1170. The number of amides is 1. The number of hydrogen-bond acceptors (Lipinski definition) is 2. The predicted molar refractivity (Wildman–Crippen MR) is 140 cm³/mol. The Labute approximate surface area is 214 Å². The minimum absolute atomic E-state index is 0.326. The lowest BCUT2D eigenvalue weighted by atomic mass is 9.49. The Morgan fingerprint density at radius 2 is 1.63 bits per heavy atom. The van der Waals surface area contributed by atoms with Crippen LogP contribution in [0.5, 0.6) is 0 Å². The van der Waals surface area contributed by atoms with E-state index in [4.69, 9.17) is 16.6 Å². The number of hydrogen-bond donors (Lipinski definition) is 0. The molecule has 4 heteroatoms. The Hall–Kier alpha value is -2.13. The van der Waals surface area contributed by atoms with Crippen molar-refractivity contribution in [1.29, 1.82) is 0 Å². The lowest BCUT2D eigenvalue weighted by Gasteiger charge is -2.57. The molecule has 3 nitrogen and oxygen atoms in total. The number of carbonyl (C=O) groups excluding carboxylic acids is 1. The number of aromatic nitrogens is 1. The number of carbonyl (C=O) groups is 1. The zero-order valence-electron chi connectivity index (χ0n) is 20.6. The number of aryl methyl sites for hydroxylation is 2. The topological polar surface area (TPSA) is 33.2 Å². The zero-order chi connectivity index (χ0) is 23.6. The van der Waals surface area contributed by atoms with Gasteiger partial charge in [-0.3, -0.25) is 9.78 Å². The third-order valence-electron chi connectivity index (χ3n) is 9.89. The Morgan fingerprint density at radius 1 is 0.943 bits per heavy atom. The van der Waals surface area contributed by atoms with E-state index in [1.807, 2.05) is 12.3 Å². The standard InChI is InChI=1S/C31H35ClN2O/c32-26-5-6-27-25(15-26)4-3-24-2-1-9-33-30(24)29(27)23-7-10-34(11-8-23)28(35)19-31-16-20-12-21(17-31)14-22(13-20)18-31/h1-2,5-6,9,15,20-22H,3-4,7-8,10-14,16-19H2. The van der Waals surface area contributed by atoms with Gasteiger partial charge in [-0.1, -0.05) is 29.3 Å². The first-order chi connectivity index (χ1) is 17.1. The number of nitrogens with zero attached hydrogens (tertiary/aromatic N) is 2. The molecule has 2 aromatic rings. The van der Waals surface area contributed by atoms with Crippen molar-refractivity contribution < 1.29 is 4.79 Å². The van der Waals surface area contributed by atoms with Crippen molar-refractivity contribution in [3.05, 3.63) is 69.5 Å². The van der Waals surface area contributed by atoms with Gasteiger partial charge in [0.2, 0.25) is 5.91 Å². The third kappa shape index (κ3) is 3.95. The van der Waals surface area contributed by atoms with Gasteiger partial charge in [-0.2, -0.15) is 0 Å². The summed E-state index contributed by atoms with van der Waals surface area (Å²) in [6, 6.07) is 10.6. The Kier molecular flexibility index (Phi) is 5.35. The number of benzene rings is 1. The van der Waals surface area contributed by atoms with Gasteiger partial charge in [-0.25, -0.2) is 0 Å². The van der Waals surface area contributed by atoms with Crippen LogP contribution in [-0.2, 0) is 17.6 Å². The van der Waals surface area contributed by atoms with Crippen molar-refractivity contribution in [1.82, 2.24) is 9.88 Å². The minimum atomic E-state index is 0.326. The minimum Gasteiger partial charge on any atom is -0.342 e. The van der Waals surface area contributed by atoms with E-state index in [-0.39, 0.29) is 0 Å². The van der Waals surface area contributed by atoms with Gasteiger partial charge in [0.15, 0.2) is 0 Å². The second-order valence-electron chi connectivity index (χ2n) is 12.3. The molecule has 5 fully saturated rings. The molecule has 4 bridgehead atoms. The van der Waals surface area contributed by atoms with Crippen molar-refractivity contribution in [2.45, 2.75) is 70.6 Å². The fraction of sp³-hybridized carbons (Fsp3) is 0.548. The van der Waals surface area contributed by atoms with Crippen LogP contribution in [0.3, 0.4) is 0 Å². The number of halogens is 1. The molecule has 182 valence electrons. The molecule has 1 aromatic heterocycles. The molecule has 4 saturated carbocycles. The van der Waals surface area contributed by atoms with Gasteiger partial charge in [0.1, 0.15) is 0 Å². The molecule has 0 atom stereocenters. The first kappa shape index (κ1) is 22.1. The number of pyridine rings is 1. The van der Waals surface area contributed by atoms with Crippen LogP contribution in [0.15, 0.2) is 42.1 Å². The van der Waals surface area contributed by atoms with Crippen LogP contribution in [0.2, 0.25) is 5.02 Å². The number of rotatable bonds is 2. The van der Waals surface area contributed by atoms with Crippen LogP contribution in [-0.4, -0.2) is 28.9 Å². The highest BCUT2D eigenvalue weighted by Crippen LogP contribution is 2.61. The molecule has 35 heavy (non-hydrogen) atoms. The van der Waals surface area contributed by atoms with E-state index in [2.05, 4.69) is 29.2 Å². The van der Waals surface area contributed by atoms with Crippen molar-refractivity contribution in [3.8, 4) is 0 Å². The van der Waals surface area contributed by atoms with Gasteiger partial charge in [-0.05, 0) is 122 Å². The van der Waals surface area contributed by atoms with Crippen molar-refractivity contribution >= 4 is 23.1 Å². The third-order valence-corrected chi connectivity index (χ3v) is 10.1. The maximum absolute atomic E-state index is 13.5. The molecule has 0 spiro atoms. The molecule has 1 aromatic carbocycles. The van der Waals surface area contributed by atoms with Crippen LogP contribution < -0.4 is 0 Å².